The summed E-state index contributed by atoms with van der Waals surface area (Å²) >= 11 is 0. The Kier molecular flexibility index (Phi) is 11.9. The third-order valence-corrected chi connectivity index (χ3v) is 5.54. The normalized spacial score (nSPS) is 12.5. The van der Waals surface area contributed by atoms with Crippen LogP contribution in [0.2, 0.25) is 0 Å². The zero-order valence-corrected chi connectivity index (χ0v) is 18.4. The maximum Gasteiger partial charge on any atom is 0.342 e. The fraction of sp³-hybridized carbons (Fsp3) is 0.750. The third-order valence-electron chi connectivity index (χ3n) is 5.54. The molecule has 0 aliphatic carbocycles. The van der Waals surface area contributed by atoms with Gasteiger partial charge < -0.3 is 9.52 Å². The van der Waals surface area contributed by atoms with E-state index in [1.165, 1.54) is 70.8 Å². The zero-order chi connectivity index (χ0) is 20.9. The average molecular weight is 393 g/mol. The lowest BCUT2D eigenvalue weighted by Gasteiger charge is -2.10. The van der Waals surface area contributed by atoms with Crippen molar-refractivity contribution < 1.29 is 14.3 Å². The number of aromatic hydroxyl groups is 1. The molecule has 0 amide bonds. The lowest BCUT2D eigenvalue weighted by Crippen LogP contribution is -2.13. The van der Waals surface area contributed by atoms with E-state index in [-0.39, 0.29) is 22.9 Å². The smallest absolute Gasteiger partial charge is 0.342 e. The minimum Gasteiger partial charge on any atom is -0.507 e. The number of unbranched alkanes of at least 4 members (excludes halogenated alkanes) is 9. The van der Waals surface area contributed by atoms with Crippen LogP contribution in [0.25, 0.3) is 0 Å². The number of hydrogen-bond donors (Lipinski definition) is 1. The summed E-state index contributed by atoms with van der Waals surface area (Å²) in [6.07, 6.45) is 14.3. The Morgan fingerprint density at radius 2 is 1.43 bits per heavy atom. The second-order valence-corrected chi connectivity index (χ2v) is 8.60. The first-order valence-corrected chi connectivity index (χ1v) is 11.2. The number of hydrogen-bond acceptors (Lipinski definition) is 4. The molecule has 1 atom stereocenters. The van der Waals surface area contributed by atoms with Crippen molar-refractivity contribution in [2.24, 2.45) is 5.92 Å². The van der Waals surface area contributed by atoms with Gasteiger partial charge in [-0.15, -0.1) is 0 Å². The van der Waals surface area contributed by atoms with Gasteiger partial charge >= 0.3 is 5.63 Å². The van der Waals surface area contributed by atoms with Gasteiger partial charge in [-0.05, 0) is 26.2 Å². The largest absolute Gasteiger partial charge is 0.507 e. The minimum absolute atomic E-state index is 0.0628. The maximum absolute atomic E-state index is 12.3. The molecule has 0 spiro atoms. The van der Waals surface area contributed by atoms with E-state index in [4.69, 9.17) is 4.42 Å². The van der Waals surface area contributed by atoms with Gasteiger partial charge in [0.25, 0.3) is 0 Å². The maximum atomic E-state index is 12.3. The van der Waals surface area contributed by atoms with Crippen molar-refractivity contribution in [2.75, 3.05) is 0 Å². The molecule has 4 heteroatoms. The molecule has 1 rings (SSSR count). The van der Waals surface area contributed by atoms with Gasteiger partial charge in [-0.1, -0.05) is 78.1 Å². The van der Waals surface area contributed by atoms with Gasteiger partial charge in [0.1, 0.15) is 17.3 Å². The highest BCUT2D eigenvalue weighted by Gasteiger charge is 2.19. The number of carbonyl (C=O) groups excluding carboxylic acids is 1. The molecule has 0 radical (unpaired) electrons. The molecule has 0 aliphatic heterocycles. The van der Waals surface area contributed by atoms with E-state index in [0.29, 0.717) is 6.42 Å². The van der Waals surface area contributed by atoms with E-state index < -0.39 is 11.5 Å². The first-order valence-electron chi connectivity index (χ1n) is 11.2. The summed E-state index contributed by atoms with van der Waals surface area (Å²) in [4.78, 5) is 23.9. The summed E-state index contributed by atoms with van der Waals surface area (Å²) in [7, 11) is 0. The Labute approximate surface area is 170 Å². The first kappa shape index (κ1) is 24.5. The molecule has 1 aromatic heterocycles. The Balaban J connectivity index is 2.08. The van der Waals surface area contributed by atoms with Crippen molar-refractivity contribution in [2.45, 2.75) is 111 Å². The number of Topliss-reactive ketones (excluding diaryl/α,β-unsaturated/α-hetero) is 1. The molecular formula is C24H40O4. The summed E-state index contributed by atoms with van der Waals surface area (Å²) in [5, 5.41) is 9.74. The van der Waals surface area contributed by atoms with Crippen LogP contribution in [0.4, 0.5) is 0 Å². The highest BCUT2D eigenvalue weighted by molar-refractivity contribution is 5.84. The van der Waals surface area contributed by atoms with E-state index in [1.807, 2.05) is 0 Å². The Bertz CT molecular complexity index is 630. The Hall–Kier alpha value is -1.58. The van der Waals surface area contributed by atoms with Crippen molar-refractivity contribution in [3.63, 3.8) is 0 Å². The molecule has 0 bridgehead atoms. The van der Waals surface area contributed by atoms with Gasteiger partial charge in [-0.3, -0.25) is 4.79 Å². The van der Waals surface area contributed by atoms with Crippen molar-refractivity contribution in [1.29, 1.82) is 0 Å². The van der Waals surface area contributed by atoms with Gasteiger partial charge in [0.15, 0.2) is 0 Å². The first-order chi connectivity index (χ1) is 13.3. The van der Waals surface area contributed by atoms with Crippen molar-refractivity contribution in [3.05, 3.63) is 27.8 Å². The summed E-state index contributed by atoms with van der Waals surface area (Å²) in [5.41, 5.74) is -0.395. The monoisotopic (exact) mass is 392 g/mol. The van der Waals surface area contributed by atoms with Crippen molar-refractivity contribution in [1.82, 2.24) is 0 Å². The number of ketones is 1. The highest BCUT2D eigenvalue weighted by atomic mass is 16.4. The predicted octanol–water partition coefficient (Wildman–Crippen LogP) is 6.66. The van der Waals surface area contributed by atoms with E-state index in [0.717, 1.165) is 18.8 Å². The second kappa shape index (κ2) is 13.6. The average Bonchev–Trinajstić information content (AvgIpc) is 2.65. The van der Waals surface area contributed by atoms with Gasteiger partial charge in [0.2, 0.25) is 0 Å². The van der Waals surface area contributed by atoms with Crippen LogP contribution in [0.1, 0.15) is 115 Å². The molecule has 160 valence electrons. The molecule has 1 heterocycles. The second-order valence-electron chi connectivity index (χ2n) is 8.60. The summed E-state index contributed by atoms with van der Waals surface area (Å²) in [6, 6.07) is 1.39. The molecule has 0 fully saturated rings. The van der Waals surface area contributed by atoms with E-state index in [2.05, 4.69) is 13.8 Å². The fourth-order valence-corrected chi connectivity index (χ4v) is 3.42. The molecule has 0 aromatic carbocycles. The SMILES string of the molecule is Cc1c(O)cc([C@@H](C)C(=O)CCCCCCCCCCCCC(C)C)oc1=O. The highest BCUT2D eigenvalue weighted by Crippen LogP contribution is 2.23. The summed E-state index contributed by atoms with van der Waals surface area (Å²) in [5.74, 6) is 0.553. The van der Waals surface area contributed by atoms with Crippen LogP contribution >= 0.6 is 0 Å². The summed E-state index contributed by atoms with van der Waals surface area (Å²) < 4.78 is 5.15. The van der Waals surface area contributed by atoms with Crippen molar-refractivity contribution in [3.8, 4) is 5.75 Å². The molecule has 0 saturated carbocycles. The Morgan fingerprint density at radius 3 is 1.93 bits per heavy atom. The van der Waals surface area contributed by atoms with Gasteiger partial charge in [-0.2, -0.15) is 0 Å². The standard InChI is InChI=1S/C24H40O4/c1-18(2)15-13-11-9-7-5-6-8-10-12-14-16-21(25)19(3)23-17-22(26)20(4)24(27)28-23/h17-19,26H,5-16H2,1-4H3/t19-/m0/s1. The quantitative estimate of drug-likeness (QED) is 0.339. The van der Waals surface area contributed by atoms with Gasteiger partial charge in [0, 0.05) is 12.5 Å². The van der Waals surface area contributed by atoms with E-state index in [1.54, 1.807) is 6.92 Å². The van der Waals surface area contributed by atoms with Crippen molar-refractivity contribution >= 4 is 5.78 Å². The summed E-state index contributed by atoms with van der Waals surface area (Å²) in [6.45, 7) is 7.82. The van der Waals surface area contributed by atoms with Crippen LogP contribution in [-0.4, -0.2) is 10.9 Å². The van der Waals surface area contributed by atoms with E-state index in [9.17, 15) is 14.7 Å². The van der Waals surface area contributed by atoms with Crippen LogP contribution < -0.4 is 5.63 Å². The number of rotatable bonds is 15. The fourth-order valence-electron chi connectivity index (χ4n) is 3.42. The minimum atomic E-state index is -0.574. The molecule has 28 heavy (non-hydrogen) atoms. The predicted molar refractivity (Wildman–Crippen MR) is 115 cm³/mol. The molecule has 0 saturated heterocycles. The molecular weight excluding hydrogens is 352 g/mol. The third kappa shape index (κ3) is 9.57. The number of carbonyl (C=O) groups is 1. The molecule has 4 nitrogen and oxygen atoms in total. The molecule has 1 aromatic rings. The van der Waals surface area contributed by atoms with Gasteiger partial charge in [-0.25, -0.2) is 4.79 Å². The van der Waals surface area contributed by atoms with Crippen LogP contribution in [0.3, 0.4) is 0 Å². The molecule has 0 unspecified atom stereocenters. The topological polar surface area (TPSA) is 67.5 Å². The van der Waals surface area contributed by atoms with Crippen LogP contribution in [0.5, 0.6) is 5.75 Å². The Morgan fingerprint density at radius 1 is 0.929 bits per heavy atom. The van der Waals surface area contributed by atoms with Crippen LogP contribution in [-0.2, 0) is 4.79 Å². The van der Waals surface area contributed by atoms with Crippen LogP contribution in [0.15, 0.2) is 15.3 Å². The zero-order valence-electron chi connectivity index (χ0n) is 18.4. The lowest BCUT2D eigenvalue weighted by molar-refractivity contribution is -0.120. The van der Waals surface area contributed by atoms with Crippen LogP contribution in [0, 0.1) is 12.8 Å². The molecule has 1 N–H and O–H groups in total. The molecule has 0 aliphatic rings. The van der Waals surface area contributed by atoms with E-state index >= 15 is 0 Å². The lowest BCUT2D eigenvalue weighted by atomic mass is 9.97. The van der Waals surface area contributed by atoms with Gasteiger partial charge in [0.05, 0.1) is 11.5 Å².